The number of unbranched alkanes of at least 4 members (excludes halogenated alkanes) is 23. The van der Waals surface area contributed by atoms with E-state index in [4.69, 9.17) is 33.2 Å². The van der Waals surface area contributed by atoms with E-state index in [1.807, 2.05) is 69.2 Å². The summed E-state index contributed by atoms with van der Waals surface area (Å²) in [5, 5.41) is 62.5. The van der Waals surface area contributed by atoms with E-state index < -0.39 is 119 Å². The van der Waals surface area contributed by atoms with Crippen LogP contribution in [0.1, 0.15) is 375 Å². The minimum absolute atomic E-state index is 0.0834. The molecule has 0 aromatic carbocycles. The highest BCUT2D eigenvalue weighted by Crippen LogP contribution is 2.28. The molecule has 27 nitrogen and oxygen atoms in total. The van der Waals surface area contributed by atoms with Gasteiger partial charge in [0.15, 0.2) is 12.4 Å². The lowest BCUT2D eigenvalue weighted by Crippen LogP contribution is -2.61. The molecular weight excluding hydrogens is 1440 g/mol. The lowest BCUT2D eigenvalue weighted by molar-refractivity contribution is -0.275. The molecule has 0 bridgehead atoms. The molecule has 1 fully saturated rings. The van der Waals surface area contributed by atoms with Crippen LogP contribution in [-0.4, -0.2) is 183 Å². The van der Waals surface area contributed by atoms with Gasteiger partial charge in [-0.2, -0.15) is 0 Å². The molecular formula is C85H162N8O19. The third kappa shape index (κ3) is 51.3. The summed E-state index contributed by atoms with van der Waals surface area (Å²) >= 11 is 0. The zero-order valence-corrected chi connectivity index (χ0v) is 73.1. The number of nitrogens with one attached hydrogen (secondary N) is 8. The number of rotatable bonds is 62. The fraction of sp³-hybridized carbons (Fsp3) is 0.906. The molecule has 1 rings (SSSR count). The minimum Gasteiger partial charge on any atom is -0.444 e. The molecule has 0 aromatic heterocycles. The summed E-state index contributed by atoms with van der Waals surface area (Å²) in [5.41, 5.74) is -5.18. The van der Waals surface area contributed by atoms with E-state index in [2.05, 4.69) is 42.5 Å². The molecule has 1 aliphatic rings. The van der Waals surface area contributed by atoms with E-state index in [1.165, 1.54) is 89.9 Å². The molecule has 9 atom stereocenters. The van der Waals surface area contributed by atoms with Crippen molar-refractivity contribution >= 4 is 48.4 Å². The van der Waals surface area contributed by atoms with Crippen LogP contribution in [0.4, 0.5) is 28.8 Å². The van der Waals surface area contributed by atoms with E-state index in [9.17, 15) is 58.8 Å². The van der Waals surface area contributed by atoms with Crippen molar-refractivity contribution in [1.29, 1.82) is 0 Å². The fourth-order valence-electron chi connectivity index (χ4n) is 13.9. The quantitative estimate of drug-likeness (QED) is 0.0199. The van der Waals surface area contributed by atoms with Crippen LogP contribution in [0.3, 0.4) is 0 Å². The Bertz CT molecular complexity index is 2500. The average Bonchev–Trinajstić information content (AvgIpc) is 0.837. The van der Waals surface area contributed by atoms with Crippen LogP contribution in [0.2, 0.25) is 0 Å². The summed E-state index contributed by atoms with van der Waals surface area (Å²) in [6.07, 6.45) is 24.2. The Kier molecular flexibility index (Phi) is 52.8. The summed E-state index contributed by atoms with van der Waals surface area (Å²) in [6.45, 7) is 34.9. The predicted molar refractivity (Wildman–Crippen MR) is 440 cm³/mol. The van der Waals surface area contributed by atoms with E-state index in [0.29, 0.717) is 77.3 Å². The lowest BCUT2D eigenvalue weighted by atomic mass is 9.95. The highest BCUT2D eigenvalue weighted by atomic mass is 16.6. The van der Waals surface area contributed by atoms with Crippen molar-refractivity contribution in [2.45, 2.75) is 464 Å². The second-order valence-electron chi connectivity index (χ2n) is 35.2. The SMILES string of the molecule is CCCC(CC(C)(C)OC(=O)NCC(CCCCCCNC(=O)CCCCCCCCCCCCCCCCCCCCCCCNC(=O)C1OC(O)C(O)C(O)C1O)CNC(=O)OC(C)(C)CC(CCC)NC(=O)OC(C)(C)CC(CC)NC(=O)OC(C)(C)CC)NC(=O)OC(C)(C)CC(CC)NC(=O)OC(C)(C)CC. The van der Waals surface area contributed by atoms with Gasteiger partial charge in [0, 0.05) is 82.5 Å². The molecule has 0 radical (unpaired) electrons. The lowest BCUT2D eigenvalue weighted by Gasteiger charge is -2.37. The second kappa shape index (κ2) is 56.6. The molecule has 12 N–H and O–H groups in total. The van der Waals surface area contributed by atoms with Gasteiger partial charge in [0.1, 0.15) is 51.9 Å². The van der Waals surface area contributed by atoms with E-state index in [0.717, 1.165) is 83.5 Å². The molecule has 0 aliphatic carbocycles. The van der Waals surface area contributed by atoms with Gasteiger partial charge in [-0.05, 0) is 153 Å². The third-order valence-corrected chi connectivity index (χ3v) is 21.1. The van der Waals surface area contributed by atoms with Crippen molar-refractivity contribution in [1.82, 2.24) is 42.5 Å². The van der Waals surface area contributed by atoms with Gasteiger partial charge >= 0.3 is 36.6 Å². The number of ether oxygens (including phenoxy) is 7. The predicted octanol–water partition coefficient (Wildman–Crippen LogP) is 16.5. The number of hydrogen-bond acceptors (Lipinski definition) is 19. The fourth-order valence-corrected chi connectivity index (χ4v) is 13.9. The van der Waals surface area contributed by atoms with Gasteiger partial charge in [0.2, 0.25) is 5.91 Å². The molecule has 8 amide bonds. The number of amides is 8. The molecule has 0 aromatic rings. The zero-order valence-electron chi connectivity index (χ0n) is 73.1. The average molecular weight is 1600 g/mol. The number of carbonyl (C=O) groups excluding carboxylic acids is 8. The van der Waals surface area contributed by atoms with Crippen molar-refractivity contribution < 1.29 is 91.9 Å². The Hall–Kier alpha value is -5.64. The standard InChI is InChI=1S/C85H162N8O19/c1-19-50-65(92-78(104)111-82(11,12)56-63(21-3)90-76(102)109-80(7,8)23-5)58-84(15,16)107-74(100)88-60-62(61-89-75(101)108-85(17,18)59-66(51-20-2)93-79(105)112-83(13,14)57-64(22-4)91-77(103)110-81(9,10)24-6)52-46-43-45-48-54-86-67(94)53-47-42-40-38-36-34-32-30-28-26-25-27-29-31-33-35-37-39-41-44-49-55-87-72(98)71-69(96)68(95)70(97)73(99)106-71/h62-66,68-71,73,95-97,99H,19-61H2,1-18H3,(H,86,94)(H,87,98)(H,88,100)(H,89,101)(H,90,102)(H,91,103)(H,92,104)(H,93,105). The first-order chi connectivity index (χ1) is 52.6. The van der Waals surface area contributed by atoms with Crippen molar-refractivity contribution in [3.63, 3.8) is 0 Å². The molecule has 0 spiro atoms. The van der Waals surface area contributed by atoms with Crippen LogP contribution in [0.25, 0.3) is 0 Å². The molecule has 656 valence electrons. The van der Waals surface area contributed by atoms with Gasteiger partial charge < -0.3 is 96.1 Å². The second-order valence-corrected chi connectivity index (χ2v) is 35.2. The van der Waals surface area contributed by atoms with Gasteiger partial charge in [-0.3, -0.25) is 9.59 Å². The Morgan fingerprint density at radius 1 is 0.330 bits per heavy atom. The molecule has 0 saturated carbocycles. The van der Waals surface area contributed by atoms with Gasteiger partial charge in [0.05, 0.1) is 0 Å². The topological polar surface area (TPSA) is 378 Å². The van der Waals surface area contributed by atoms with Crippen molar-refractivity contribution in [3.8, 4) is 0 Å². The summed E-state index contributed by atoms with van der Waals surface area (Å²) in [7, 11) is 0. The van der Waals surface area contributed by atoms with Gasteiger partial charge in [-0.1, -0.05) is 196 Å². The van der Waals surface area contributed by atoms with Crippen LogP contribution < -0.4 is 42.5 Å². The normalized spacial score (nSPS) is 17.6. The number of alkyl carbamates (subject to hydrolysis) is 6. The Morgan fingerprint density at radius 3 is 0.964 bits per heavy atom. The summed E-state index contributed by atoms with van der Waals surface area (Å²) in [4.78, 5) is 105. The Labute approximate surface area is 675 Å². The molecule has 1 heterocycles. The van der Waals surface area contributed by atoms with Gasteiger partial charge in [-0.25, -0.2) is 28.8 Å². The number of aliphatic hydroxyl groups is 4. The van der Waals surface area contributed by atoms with E-state index >= 15 is 0 Å². The van der Waals surface area contributed by atoms with Crippen LogP contribution in [0.15, 0.2) is 0 Å². The smallest absolute Gasteiger partial charge is 0.407 e. The van der Waals surface area contributed by atoms with Crippen molar-refractivity contribution in [3.05, 3.63) is 0 Å². The van der Waals surface area contributed by atoms with Crippen LogP contribution in [-0.2, 0) is 42.7 Å². The van der Waals surface area contributed by atoms with E-state index in [1.54, 1.807) is 55.4 Å². The maximum atomic E-state index is 13.7. The maximum absolute atomic E-state index is 13.7. The molecule has 112 heavy (non-hydrogen) atoms. The maximum Gasteiger partial charge on any atom is 0.407 e. The first-order valence-electron chi connectivity index (χ1n) is 43.5. The highest BCUT2D eigenvalue weighted by molar-refractivity contribution is 5.81. The number of aliphatic hydroxyl groups excluding tert-OH is 4. The molecule has 27 heteroatoms. The number of carbonyl (C=O) groups is 8. The summed E-state index contributed by atoms with van der Waals surface area (Å²) in [6, 6.07) is -1.41. The Balaban J connectivity index is 2.66. The highest BCUT2D eigenvalue weighted by Gasteiger charge is 2.46. The summed E-state index contributed by atoms with van der Waals surface area (Å²) in [5.74, 6) is -0.748. The molecule has 9 unspecified atom stereocenters. The van der Waals surface area contributed by atoms with Crippen molar-refractivity contribution in [2.75, 3.05) is 26.2 Å². The monoisotopic (exact) mass is 1600 g/mol. The van der Waals surface area contributed by atoms with Crippen LogP contribution in [0, 0.1) is 5.92 Å². The first-order valence-corrected chi connectivity index (χ1v) is 43.5. The third-order valence-electron chi connectivity index (χ3n) is 21.1. The van der Waals surface area contributed by atoms with Crippen molar-refractivity contribution in [2.24, 2.45) is 5.92 Å². The van der Waals surface area contributed by atoms with E-state index in [-0.39, 0.29) is 49.8 Å². The molecule has 1 saturated heterocycles. The number of hydrogen-bond donors (Lipinski definition) is 12. The summed E-state index contributed by atoms with van der Waals surface area (Å²) < 4.78 is 40.1. The zero-order chi connectivity index (χ0) is 84.4. The largest absolute Gasteiger partial charge is 0.444 e. The van der Waals surface area contributed by atoms with Crippen LogP contribution in [0.5, 0.6) is 0 Å². The minimum atomic E-state index is -1.73. The van der Waals surface area contributed by atoms with Gasteiger partial charge in [-0.15, -0.1) is 0 Å². The Morgan fingerprint density at radius 2 is 0.625 bits per heavy atom. The first kappa shape index (κ1) is 104. The van der Waals surface area contributed by atoms with Gasteiger partial charge in [0.25, 0.3) is 5.91 Å². The van der Waals surface area contributed by atoms with Crippen LogP contribution >= 0.6 is 0 Å². The molecule has 1 aliphatic heterocycles.